The van der Waals surface area contributed by atoms with Gasteiger partial charge in [0.25, 0.3) is 0 Å². The van der Waals surface area contributed by atoms with Gasteiger partial charge in [0.05, 0.1) is 12.7 Å². The molecule has 1 rings (SSSR count). The number of hydrogen-bond acceptors (Lipinski definition) is 3. The van der Waals surface area contributed by atoms with Gasteiger partial charge >= 0.3 is 0 Å². The van der Waals surface area contributed by atoms with Crippen LogP contribution in [0.3, 0.4) is 0 Å². The van der Waals surface area contributed by atoms with E-state index in [0.717, 1.165) is 19.6 Å². The van der Waals surface area contributed by atoms with E-state index in [4.69, 9.17) is 9.84 Å². The molecule has 3 nitrogen and oxygen atoms in total. The van der Waals surface area contributed by atoms with Crippen LogP contribution in [0.4, 0.5) is 0 Å². The van der Waals surface area contributed by atoms with E-state index in [-0.39, 0.29) is 6.10 Å². The van der Waals surface area contributed by atoms with Crippen LogP contribution in [0.15, 0.2) is 0 Å². The second-order valence-corrected chi connectivity index (χ2v) is 3.86. The first kappa shape index (κ1) is 11.0. The van der Waals surface area contributed by atoms with Crippen molar-refractivity contribution in [2.75, 3.05) is 19.8 Å². The molecule has 13 heavy (non-hydrogen) atoms. The van der Waals surface area contributed by atoms with Crippen LogP contribution in [0.5, 0.6) is 0 Å². The predicted octanol–water partition coefficient (Wildman–Crippen LogP) is 0.916. The summed E-state index contributed by atoms with van der Waals surface area (Å²) in [6.07, 6.45) is 4.67. The Bertz CT molecular complexity index is 122. The number of piperidine rings is 1. The second-order valence-electron chi connectivity index (χ2n) is 3.86. The quantitative estimate of drug-likeness (QED) is 0.629. The average molecular weight is 187 g/mol. The number of rotatable bonds is 5. The number of hydrogen-bond donors (Lipinski definition) is 2. The molecule has 3 heteroatoms. The summed E-state index contributed by atoms with van der Waals surface area (Å²) in [6.45, 7) is 4.13. The predicted molar refractivity (Wildman–Crippen MR) is 52.8 cm³/mol. The summed E-state index contributed by atoms with van der Waals surface area (Å²) in [7, 11) is 0. The fraction of sp³-hybridized carbons (Fsp3) is 1.00. The molecule has 2 atom stereocenters. The lowest BCUT2D eigenvalue weighted by Gasteiger charge is -2.23. The highest BCUT2D eigenvalue weighted by molar-refractivity contribution is 4.71. The van der Waals surface area contributed by atoms with Crippen molar-refractivity contribution < 1.29 is 9.84 Å². The summed E-state index contributed by atoms with van der Waals surface area (Å²) >= 11 is 0. The lowest BCUT2D eigenvalue weighted by molar-refractivity contribution is 0.0412. The second kappa shape index (κ2) is 6.35. The molecule has 0 aromatic carbocycles. The van der Waals surface area contributed by atoms with E-state index in [2.05, 4.69) is 5.32 Å². The minimum absolute atomic E-state index is 0.334. The van der Waals surface area contributed by atoms with E-state index in [1.807, 2.05) is 0 Å². The molecule has 1 saturated heterocycles. The molecular weight excluding hydrogens is 166 g/mol. The summed E-state index contributed by atoms with van der Waals surface area (Å²) in [5.41, 5.74) is 0. The normalized spacial score (nSPS) is 25.8. The van der Waals surface area contributed by atoms with Gasteiger partial charge in [-0.15, -0.1) is 0 Å². The first-order valence-corrected chi connectivity index (χ1v) is 5.28. The zero-order valence-corrected chi connectivity index (χ0v) is 8.46. The molecule has 0 saturated carbocycles. The Labute approximate surface area is 80.5 Å². The third-order valence-corrected chi connectivity index (χ3v) is 2.38. The van der Waals surface area contributed by atoms with Gasteiger partial charge in [0.15, 0.2) is 0 Å². The minimum Gasteiger partial charge on any atom is -0.391 e. The molecule has 1 aliphatic rings. The van der Waals surface area contributed by atoms with Crippen molar-refractivity contribution in [1.29, 1.82) is 0 Å². The van der Waals surface area contributed by atoms with Crippen LogP contribution < -0.4 is 5.32 Å². The Kier molecular flexibility index (Phi) is 5.35. The summed E-state index contributed by atoms with van der Waals surface area (Å²) in [6, 6.07) is 0.641. The van der Waals surface area contributed by atoms with Crippen molar-refractivity contribution in [2.45, 2.75) is 44.8 Å². The van der Waals surface area contributed by atoms with Crippen LogP contribution in [0.25, 0.3) is 0 Å². The van der Waals surface area contributed by atoms with Gasteiger partial charge in [-0.05, 0) is 32.7 Å². The zero-order valence-electron chi connectivity index (χ0n) is 8.46. The van der Waals surface area contributed by atoms with Crippen molar-refractivity contribution in [1.82, 2.24) is 5.32 Å². The highest BCUT2D eigenvalue weighted by atomic mass is 16.5. The Balaban J connectivity index is 1.92. The summed E-state index contributed by atoms with van der Waals surface area (Å²) < 4.78 is 5.31. The van der Waals surface area contributed by atoms with Crippen LogP contribution in [0.1, 0.15) is 32.6 Å². The largest absolute Gasteiger partial charge is 0.391 e. The zero-order chi connectivity index (χ0) is 9.52. The van der Waals surface area contributed by atoms with Crippen LogP contribution in [0, 0.1) is 0 Å². The summed E-state index contributed by atoms with van der Waals surface area (Å²) in [4.78, 5) is 0. The van der Waals surface area contributed by atoms with E-state index in [0.29, 0.717) is 12.6 Å². The number of nitrogens with one attached hydrogen (secondary N) is 1. The standard InChI is InChI=1S/C10H21NO2/c1-9(12)8-13-7-5-10-4-2-3-6-11-10/h9-12H,2-8H2,1H3. The molecule has 0 bridgehead atoms. The van der Waals surface area contributed by atoms with Gasteiger partial charge < -0.3 is 15.2 Å². The van der Waals surface area contributed by atoms with E-state index >= 15 is 0 Å². The molecule has 0 aromatic rings. The van der Waals surface area contributed by atoms with Crippen molar-refractivity contribution >= 4 is 0 Å². The third-order valence-electron chi connectivity index (χ3n) is 2.38. The molecule has 0 spiro atoms. The molecule has 0 aliphatic carbocycles. The topological polar surface area (TPSA) is 41.5 Å². The van der Waals surface area contributed by atoms with E-state index in [9.17, 15) is 0 Å². The van der Waals surface area contributed by atoms with Crippen molar-refractivity contribution in [3.05, 3.63) is 0 Å². The van der Waals surface area contributed by atoms with Gasteiger partial charge in [-0.1, -0.05) is 6.42 Å². The molecule has 1 fully saturated rings. The molecule has 2 unspecified atom stereocenters. The first-order valence-electron chi connectivity index (χ1n) is 5.28. The Hall–Kier alpha value is -0.120. The van der Waals surface area contributed by atoms with E-state index in [1.54, 1.807) is 6.92 Å². The Morgan fingerprint density at radius 1 is 1.54 bits per heavy atom. The Morgan fingerprint density at radius 3 is 3.00 bits per heavy atom. The molecule has 2 N–H and O–H groups in total. The van der Waals surface area contributed by atoms with Crippen LogP contribution >= 0.6 is 0 Å². The maximum absolute atomic E-state index is 8.95. The van der Waals surface area contributed by atoms with Crippen molar-refractivity contribution in [3.8, 4) is 0 Å². The molecule has 0 radical (unpaired) electrons. The maximum Gasteiger partial charge on any atom is 0.0745 e. The van der Waals surface area contributed by atoms with Crippen molar-refractivity contribution in [3.63, 3.8) is 0 Å². The van der Waals surface area contributed by atoms with E-state index < -0.39 is 0 Å². The number of aliphatic hydroxyl groups excluding tert-OH is 1. The van der Waals surface area contributed by atoms with Gasteiger partial charge in [0.2, 0.25) is 0 Å². The summed E-state index contributed by atoms with van der Waals surface area (Å²) in [5.74, 6) is 0. The average Bonchev–Trinajstić information content (AvgIpc) is 2.14. The highest BCUT2D eigenvalue weighted by Crippen LogP contribution is 2.09. The highest BCUT2D eigenvalue weighted by Gasteiger charge is 2.11. The summed E-state index contributed by atoms with van der Waals surface area (Å²) in [5, 5.41) is 12.4. The molecule has 1 aliphatic heterocycles. The first-order chi connectivity index (χ1) is 6.29. The minimum atomic E-state index is -0.334. The van der Waals surface area contributed by atoms with Crippen LogP contribution in [-0.4, -0.2) is 37.0 Å². The van der Waals surface area contributed by atoms with Gasteiger partial charge in [0, 0.05) is 12.6 Å². The van der Waals surface area contributed by atoms with Gasteiger partial charge in [-0.25, -0.2) is 0 Å². The van der Waals surface area contributed by atoms with E-state index in [1.165, 1.54) is 19.3 Å². The van der Waals surface area contributed by atoms with Crippen LogP contribution in [-0.2, 0) is 4.74 Å². The molecule has 78 valence electrons. The molecule has 0 amide bonds. The number of aliphatic hydroxyl groups is 1. The van der Waals surface area contributed by atoms with Gasteiger partial charge in [-0.2, -0.15) is 0 Å². The number of ether oxygens (including phenoxy) is 1. The smallest absolute Gasteiger partial charge is 0.0745 e. The van der Waals surface area contributed by atoms with Crippen LogP contribution in [0.2, 0.25) is 0 Å². The van der Waals surface area contributed by atoms with Gasteiger partial charge in [-0.3, -0.25) is 0 Å². The molecule has 0 aromatic heterocycles. The maximum atomic E-state index is 8.95. The Morgan fingerprint density at radius 2 is 2.38 bits per heavy atom. The molecule has 1 heterocycles. The monoisotopic (exact) mass is 187 g/mol. The van der Waals surface area contributed by atoms with Crippen molar-refractivity contribution in [2.24, 2.45) is 0 Å². The lowest BCUT2D eigenvalue weighted by atomic mass is 10.0. The lowest BCUT2D eigenvalue weighted by Crippen LogP contribution is -2.34. The third kappa shape index (κ3) is 5.24. The fourth-order valence-electron chi connectivity index (χ4n) is 1.65. The fourth-order valence-corrected chi connectivity index (χ4v) is 1.65. The molecular formula is C10H21NO2. The SMILES string of the molecule is CC(O)COCCC1CCCCN1. The van der Waals surface area contributed by atoms with Gasteiger partial charge in [0.1, 0.15) is 0 Å².